The smallest absolute Gasteiger partial charge is 0.255 e. The van der Waals surface area contributed by atoms with Gasteiger partial charge in [-0.1, -0.05) is 0 Å². The first kappa shape index (κ1) is 15.0. The maximum absolute atomic E-state index is 13.2. The topological polar surface area (TPSA) is 63.2 Å². The highest BCUT2D eigenvalue weighted by molar-refractivity contribution is 7.72. The lowest BCUT2D eigenvalue weighted by molar-refractivity contribution is 0.102. The van der Waals surface area contributed by atoms with Gasteiger partial charge in [-0.05, 0) is 30.3 Å². The molecule has 8 heteroatoms. The predicted molar refractivity (Wildman–Crippen MR) is 69.3 cm³/mol. The molecule has 2 aromatic rings. The summed E-state index contributed by atoms with van der Waals surface area (Å²) in [6.45, 7) is 0. The fraction of sp³-hybridized carbons (Fsp3) is 0. The van der Waals surface area contributed by atoms with E-state index in [2.05, 4.69) is 5.32 Å². The first-order valence-corrected chi connectivity index (χ1v) is 6.76. The maximum Gasteiger partial charge on any atom is 0.255 e. The summed E-state index contributed by atoms with van der Waals surface area (Å²) < 4.78 is 60.6. The molecule has 0 saturated heterocycles. The molecule has 0 aliphatic rings. The van der Waals surface area contributed by atoms with Crippen LogP contribution in [0.5, 0.6) is 0 Å². The van der Waals surface area contributed by atoms with E-state index in [0.29, 0.717) is 0 Å². The lowest BCUT2D eigenvalue weighted by Crippen LogP contribution is -2.12. The number of halogens is 3. The number of anilines is 1. The molecule has 0 unspecified atom stereocenters. The van der Waals surface area contributed by atoms with Crippen molar-refractivity contribution in [2.75, 3.05) is 5.32 Å². The van der Waals surface area contributed by atoms with E-state index >= 15 is 0 Å². The molecule has 0 heterocycles. The standard InChI is InChI=1S/C13H8F3NO3S/c14-9-4-2-8(6-11(9)16)17-13(18)7-1-3-10(15)12(5-7)21(19)20/h1-6,21H,(H,17,18). The zero-order valence-electron chi connectivity index (χ0n) is 10.3. The zero-order valence-corrected chi connectivity index (χ0v) is 11.2. The van der Waals surface area contributed by atoms with E-state index in [4.69, 9.17) is 0 Å². The van der Waals surface area contributed by atoms with Crippen molar-refractivity contribution in [3.8, 4) is 0 Å². The summed E-state index contributed by atoms with van der Waals surface area (Å²) in [5.74, 6) is -3.97. The Morgan fingerprint density at radius 3 is 2.19 bits per heavy atom. The Bertz CT molecular complexity index is 782. The second kappa shape index (κ2) is 5.96. The summed E-state index contributed by atoms with van der Waals surface area (Å²) in [5.41, 5.74) is -0.147. The van der Waals surface area contributed by atoms with Crippen LogP contribution in [-0.4, -0.2) is 14.3 Å². The van der Waals surface area contributed by atoms with E-state index in [1.807, 2.05) is 0 Å². The van der Waals surface area contributed by atoms with Gasteiger partial charge < -0.3 is 5.32 Å². The van der Waals surface area contributed by atoms with Crippen LogP contribution in [0.3, 0.4) is 0 Å². The average Bonchev–Trinajstić information content (AvgIpc) is 2.43. The number of amides is 1. The first-order valence-electron chi connectivity index (χ1n) is 5.59. The Morgan fingerprint density at radius 2 is 1.57 bits per heavy atom. The third kappa shape index (κ3) is 3.40. The minimum Gasteiger partial charge on any atom is -0.322 e. The maximum atomic E-state index is 13.2. The molecule has 0 bridgehead atoms. The van der Waals surface area contributed by atoms with Gasteiger partial charge in [0, 0.05) is 17.3 Å². The van der Waals surface area contributed by atoms with Gasteiger partial charge in [0.2, 0.25) is 0 Å². The second-order valence-electron chi connectivity index (χ2n) is 4.01. The summed E-state index contributed by atoms with van der Waals surface area (Å²) in [7, 11) is -3.19. The number of carbonyl (C=O) groups excluding carboxylic acids is 1. The van der Waals surface area contributed by atoms with Gasteiger partial charge in [-0.2, -0.15) is 0 Å². The molecule has 0 radical (unpaired) electrons. The molecule has 1 N–H and O–H groups in total. The van der Waals surface area contributed by atoms with Gasteiger partial charge in [0.15, 0.2) is 22.3 Å². The van der Waals surface area contributed by atoms with E-state index < -0.39 is 39.0 Å². The lowest BCUT2D eigenvalue weighted by atomic mass is 10.2. The van der Waals surface area contributed by atoms with Crippen LogP contribution in [0, 0.1) is 17.5 Å². The van der Waals surface area contributed by atoms with E-state index in [1.54, 1.807) is 0 Å². The Labute approximate surface area is 119 Å². The molecule has 0 aliphatic heterocycles. The third-order valence-corrected chi connectivity index (χ3v) is 3.32. The van der Waals surface area contributed by atoms with Gasteiger partial charge in [-0.15, -0.1) is 0 Å². The number of benzene rings is 2. The highest BCUT2D eigenvalue weighted by Crippen LogP contribution is 2.16. The molecule has 4 nitrogen and oxygen atoms in total. The number of hydrogen-bond donors (Lipinski definition) is 2. The number of hydrogen-bond acceptors (Lipinski definition) is 3. The summed E-state index contributed by atoms with van der Waals surface area (Å²) in [5, 5.41) is 2.25. The second-order valence-corrected chi connectivity index (χ2v) is 5.00. The molecule has 0 spiro atoms. The first-order chi connectivity index (χ1) is 9.88. The van der Waals surface area contributed by atoms with Crippen LogP contribution >= 0.6 is 0 Å². The summed E-state index contributed by atoms with van der Waals surface area (Å²) in [6, 6.07) is 5.50. The zero-order chi connectivity index (χ0) is 15.6. The molecule has 110 valence electrons. The van der Waals surface area contributed by atoms with Gasteiger partial charge in [-0.3, -0.25) is 4.79 Å². The Morgan fingerprint density at radius 1 is 0.905 bits per heavy atom. The molecule has 0 saturated carbocycles. The summed E-state index contributed by atoms with van der Waals surface area (Å²) in [4.78, 5) is 11.2. The van der Waals surface area contributed by atoms with Crippen molar-refractivity contribution in [3.05, 3.63) is 59.4 Å². The quantitative estimate of drug-likeness (QED) is 0.855. The van der Waals surface area contributed by atoms with Crippen molar-refractivity contribution in [2.45, 2.75) is 4.90 Å². The van der Waals surface area contributed by atoms with Gasteiger partial charge in [0.25, 0.3) is 5.91 Å². The molecule has 1 amide bonds. The minimum absolute atomic E-state index is 0.0173. The monoisotopic (exact) mass is 315 g/mol. The van der Waals surface area contributed by atoms with Crippen molar-refractivity contribution in [1.82, 2.24) is 0 Å². The highest BCUT2D eigenvalue weighted by atomic mass is 32.2. The van der Waals surface area contributed by atoms with Gasteiger partial charge in [0.05, 0.1) is 0 Å². The van der Waals surface area contributed by atoms with Crippen LogP contribution in [0.1, 0.15) is 10.4 Å². The van der Waals surface area contributed by atoms with Gasteiger partial charge in [0.1, 0.15) is 10.7 Å². The molecule has 2 rings (SSSR count). The molecular weight excluding hydrogens is 307 g/mol. The van der Waals surface area contributed by atoms with Crippen molar-refractivity contribution in [1.29, 1.82) is 0 Å². The molecule has 21 heavy (non-hydrogen) atoms. The molecule has 2 aromatic carbocycles. The van der Waals surface area contributed by atoms with Crippen LogP contribution in [0.2, 0.25) is 0 Å². The predicted octanol–water partition coefficient (Wildman–Crippen LogP) is 2.33. The number of nitrogens with one attached hydrogen (secondary N) is 1. The van der Waals surface area contributed by atoms with Crippen molar-refractivity contribution < 1.29 is 26.4 Å². The Hall–Kier alpha value is -2.35. The van der Waals surface area contributed by atoms with E-state index in [0.717, 1.165) is 36.4 Å². The van der Waals surface area contributed by atoms with Crippen molar-refractivity contribution in [3.63, 3.8) is 0 Å². The SMILES string of the molecule is O=C(Nc1ccc(F)c(F)c1)c1ccc(F)c([SH](=O)=O)c1. The molecule has 0 aliphatic carbocycles. The van der Waals surface area contributed by atoms with Crippen LogP contribution in [0.25, 0.3) is 0 Å². The largest absolute Gasteiger partial charge is 0.322 e. The minimum atomic E-state index is -3.19. The van der Waals surface area contributed by atoms with Crippen LogP contribution < -0.4 is 5.32 Å². The van der Waals surface area contributed by atoms with E-state index in [9.17, 15) is 26.4 Å². The molecule has 0 atom stereocenters. The molecule has 0 aromatic heterocycles. The van der Waals surface area contributed by atoms with Gasteiger partial charge >= 0.3 is 0 Å². The van der Waals surface area contributed by atoms with Crippen LogP contribution in [0.4, 0.5) is 18.9 Å². The van der Waals surface area contributed by atoms with Crippen LogP contribution in [0.15, 0.2) is 41.3 Å². The molecule has 0 fully saturated rings. The van der Waals surface area contributed by atoms with Crippen LogP contribution in [-0.2, 0) is 10.7 Å². The molecular formula is C13H8F3NO3S. The van der Waals surface area contributed by atoms with Crippen molar-refractivity contribution >= 4 is 22.3 Å². The number of thiol groups is 1. The number of carbonyl (C=O) groups is 1. The summed E-state index contributed by atoms with van der Waals surface area (Å²) >= 11 is 0. The fourth-order valence-electron chi connectivity index (χ4n) is 1.57. The third-order valence-electron chi connectivity index (χ3n) is 2.58. The summed E-state index contributed by atoms with van der Waals surface area (Å²) in [6.07, 6.45) is 0. The van der Waals surface area contributed by atoms with Gasteiger partial charge in [-0.25, -0.2) is 21.6 Å². The lowest BCUT2D eigenvalue weighted by Gasteiger charge is -2.06. The van der Waals surface area contributed by atoms with Crippen molar-refractivity contribution in [2.24, 2.45) is 0 Å². The Balaban J connectivity index is 2.28. The van der Waals surface area contributed by atoms with E-state index in [1.165, 1.54) is 0 Å². The normalized spacial score (nSPS) is 10.7. The van der Waals surface area contributed by atoms with E-state index in [-0.39, 0.29) is 11.3 Å². The number of rotatable bonds is 3. The average molecular weight is 315 g/mol. The Kier molecular flexibility index (Phi) is 4.27. The fourth-order valence-corrected chi connectivity index (χ4v) is 2.06. The highest BCUT2D eigenvalue weighted by Gasteiger charge is 2.12.